The summed E-state index contributed by atoms with van der Waals surface area (Å²) in [4.78, 5) is 4.03. The minimum Gasteiger partial charge on any atom is -0.316 e. The Morgan fingerprint density at radius 2 is 2.10 bits per heavy atom. The van der Waals surface area contributed by atoms with Gasteiger partial charge in [0.05, 0.1) is 5.92 Å². The number of alkyl halides is 3. The van der Waals surface area contributed by atoms with Crippen molar-refractivity contribution in [1.82, 2.24) is 10.3 Å². The van der Waals surface area contributed by atoms with Gasteiger partial charge in [0.1, 0.15) is 0 Å². The van der Waals surface area contributed by atoms with Crippen LogP contribution in [0.1, 0.15) is 31.2 Å². The molecule has 3 unspecified atom stereocenters. The van der Waals surface area contributed by atoms with Crippen LogP contribution in [-0.2, 0) is 6.42 Å². The van der Waals surface area contributed by atoms with Gasteiger partial charge in [-0.15, -0.1) is 0 Å². The van der Waals surface area contributed by atoms with Gasteiger partial charge in [-0.05, 0) is 43.9 Å². The second-order valence-electron chi connectivity index (χ2n) is 5.56. The zero-order valence-electron chi connectivity index (χ0n) is 11.7. The monoisotopic (exact) mass is 286 g/mol. The summed E-state index contributed by atoms with van der Waals surface area (Å²) >= 11 is 0. The first kappa shape index (κ1) is 15.3. The minimum absolute atomic E-state index is 0.147. The molecule has 1 aromatic heterocycles. The van der Waals surface area contributed by atoms with E-state index in [2.05, 4.69) is 10.3 Å². The average Bonchev–Trinajstić information content (AvgIpc) is 2.45. The van der Waals surface area contributed by atoms with Gasteiger partial charge in [-0.3, -0.25) is 4.98 Å². The van der Waals surface area contributed by atoms with E-state index < -0.39 is 12.1 Å². The number of rotatable bonds is 4. The van der Waals surface area contributed by atoms with Crippen LogP contribution in [0.25, 0.3) is 0 Å². The van der Waals surface area contributed by atoms with Crippen LogP contribution in [0.2, 0.25) is 0 Å². The number of likely N-dealkylation sites (N-methyl/N-ethyl adjacent to an activating group) is 1. The fraction of sp³-hybridized carbons (Fsp3) is 0.667. The number of halogens is 3. The molecule has 3 atom stereocenters. The standard InChI is InChI=1S/C15H21F3N2/c1-19-14(9-11-5-4-8-20-10-11)12-6-2-3-7-13(12)15(16,17)18/h4-5,8,10,12-14,19H,2-3,6-7,9H2,1H3. The van der Waals surface area contributed by atoms with Gasteiger partial charge in [-0.25, -0.2) is 0 Å². The van der Waals surface area contributed by atoms with E-state index in [9.17, 15) is 13.2 Å². The van der Waals surface area contributed by atoms with E-state index in [0.29, 0.717) is 19.3 Å². The van der Waals surface area contributed by atoms with Crippen molar-refractivity contribution in [2.75, 3.05) is 7.05 Å². The third kappa shape index (κ3) is 3.72. The molecule has 0 spiro atoms. The molecule has 0 saturated heterocycles. The molecule has 0 aliphatic heterocycles. The van der Waals surface area contributed by atoms with Gasteiger partial charge in [0.15, 0.2) is 0 Å². The molecule has 0 aromatic carbocycles. The van der Waals surface area contributed by atoms with Crippen LogP contribution >= 0.6 is 0 Å². The van der Waals surface area contributed by atoms with Gasteiger partial charge >= 0.3 is 6.18 Å². The van der Waals surface area contributed by atoms with E-state index in [4.69, 9.17) is 0 Å². The van der Waals surface area contributed by atoms with Crippen LogP contribution in [0, 0.1) is 11.8 Å². The Kier molecular flexibility index (Phi) is 5.02. The van der Waals surface area contributed by atoms with Gasteiger partial charge in [-0.2, -0.15) is 13.2 Å². The second kappa shape index (κ2) is 6.57. The van der Waals surface area contributed by atoms with E-state index in [1.54, 1.807) is 19.4 Å². The Bertz CT molecular complexity index is 405. The molecule has 1 aliphatic rings. The van der Waals surface area contributed by atoms with Gasteiger partial charge in [-0.1, -0.05) is 18.9 Å². The zero-order chi connectivity index (χ0) is 14.6. The van der Waals surface area contributed by atoms with E-state index in [0.717, 1.165) is 12.0 Å². The Morgan fingerprint density at radius 3 is 2.70 bits per heavy atom. The first-order valence-corrected chi connectivity index (χ1v) is 7.15. The first-order valence-electron chi connectivity index (χ1n) is 7.15. The van der Waals surface area contributed by atoms with E-state index in [1.807, 2.05) is 12.1 Å². The number of aromatic nitrogens is 1. The quantitative estimate of drug-likeness (QED) is 0.915. The lowest BCUT2D eigenvalue weighted by atomic mass is 9.73. The summed E-state index contributed by atoms with van der Waals surface area (Å²) in [5, 5.41) is 3.09. The molecule has 112 valence electrons. The predicted octanol–water partition coefficient (Wildman–Crippen LogP) is 3.58. The van der Waals surface area contributed by atoms with Crippen LogP contribution in [0.4, 0.5) is 13.2 Å². The van der Waals surface area contributed by atoms with Crippen LogP contribution in [0.3, 0.4) is 0 Å². The molecule has 0 bridgehead atoms. The number of pyridine rings is 1. The van der Waals surface area contributed by atoms with Gasteiger partial charge < -0.3 is 5.32 Å². The fourth-order valence-electron chi connectivity index (χ4n) is 3.29. The van der Waals surface area contributed by atoms with E-state index >= 15 is 0 Å². The molecular formula is C15H21F3N2. The van der Waals surface area contributed by atoms with Crippen molar-refractivity contribution in [3.63, 3.8) is 0 Å². The number of hydrogen-bond donors (Lipinski definition) is 1. The highest BCUT2D eigenvalue weighted by atomic mass is 19.4. The van der Waals surface area contributed by atoms with Gasteiger partial charge in [0.25, 0.3) is 0 Å². The van der Waals surface area contributed by atoms with Crippen molar-refractivity contribution in [3.8, 4) is 0 Å². The fourth-order valence-corrected chi connectivity index (χ4v) is 3.29. The molecule has 1 N–H and O–H groups in total. The molecule has 0 radical (unpaired) electrons. The molecule has 20 heavy (non-hydrogen) atoms. The Balaban J connectivity index is 2.12. The van der Waals surface area contributed by atoms with Gasteiger partial charge in [0, 0.05) is 18.4 Å². The topological polar surface area (TPSA) is 24.9 Å². The maximum absolute atomic E-state index is 13.2. The predicted molar refractivity (Wildman–Crippen MR) is 72.3 cm³/mol. The molecule has 1 saturated carbocycles. The highest BCUT2D eigenvalue weighted by Crippen LogP contribution is 2.43. The zero-order valence-corrected chi connectivity index (χ0v) is 11.7. The van der Waals surface area contributed by atoms with Crippen LogP contribution < -0.4 is 5.32 Å². The third-order valence-corrected chi connectivity index (χ3v) is 4.31. The summed E-state index contributed by atoms with van der Waals surface area (Å²) in [6, 6.07) is 3.60. The normalized spacial score (nSPS) is 25.4. The van der Waals surface area contributed by atoms with Crippen molar-refractivity contribution in [2.45, 2.75) is 44.3 Å². The number of nitrogens with zero attached hydrogens (tertiary/aromatic N) is 1. The summed E-state index contributed by atoms with van der Waals surface area (Å²) in [7, 11) is 1.75. The lowest BCUT2D eigenvalue weighted by Crippen LogP contribution is -2.45. The Morgan fingerprint density at radius 1 is 1.35 bits per heavy atom. The maximum atomic E-state index is 13.2. The molecule has 1 aliphatic carbocycles. The van der Waals surface area contributed by atoms with Crippen molar-refractivity contribution in [1.29, 1.82) is 0 Å². The van der Waals surface area contributed by atoms with E-state index in [-0.39, 0.29) is 18.4 Å². The third-order valence-electron chi connectivity index (χ3n) is 4.31. The summed E-state index contributed by atoms with van der Waals surface area (Å²) in [5.41, 5.74) is 0.985. The SMILES string of the molecule is CNC(Cc1cccnc1)C1CCCCC1C(F)(F)F. The number of hydrogen-bond acceptors (Lipinski definition) is 2. The van der Waals surface area contributed by atoms with Crippen LogP contribution in [0.5, 0.6) is 0 Å². The molecule has 0 amide bonds. The second-order valence-corrected chi connectivity index (χ2v) is 5.56. The minimum atomic E-state index is -4.09. The van der Waals surface area contributed by atoms with Crippen molar-refractivity contribution in [2.24, 2.45) is 11.8 Å². The lowest BCUT2D eigenvalue weighted by Gasteiger charge is -2.38. The highest BCUT2D eigenvalue weighted by molar-refractivity contribution is 5.11. The lowest BCUT2D eigenvalue weighted by molar-refractivity contribution is -0.199. The smallest absolute Gasteiger partial charge is 0.316 e. The van der Waals surface area contributed by atoms with Crippen LogP contribution in [-0.4, -0.2) is 24.2 Å². The molecular weight excluding hydrogens is 265 g/mol. The molecule has 1 fully saturated rings. The number of nitrogens with one attached hydrogen (secondary N) is 1. The average molecular weight is 286 g/mol. The van der Waals surface area contributed by atoms with Gasteiger partial charge in [0.2, 0.25) is 0 Å². The summed E-state index contributed by atoms with van der Waals surface area (Å²) in [5.74, 6) is -1.51. The molecule has 1 aromatic rings. The van der Waals surface area contributed by atoms with Crippen molar-refractivity contribution in [3.05, 3.63) is 30.1 Å². The summed E-state index contributed by atoms with van der Waals surface area (Å²) in [6.45, 7) is 0. The Labute approximate surface area is 117 Å². The van der Waals surface area contributed by atoms with E-state index in [1.165, 1.54) is 0 Å². The molecule has 5 heteroatoms. The summed E-state index contributed by atoms with van der Waals surface area (Å²) in [6.07, 6.45) is 2.41. The highest BCUT2D eigenvalue weighted by Gasteiger charge is 2.47. The molecule has 2 nitrogen and oxygen atoms in total. The van der Waals surface area contributed by atoms with Crippen LogP contribution in [0.15, 0.2) is 24.5 Å². The van der Waals surface area contributed by atoms with Crippen molar-refractivity contribution >= 4 is 0 Å². The first-order chi connectivity index (χ1) is 9.52. The molecule has 1 heterocycles. The molecule has 2 rings (SSSR count). The largest absolute Gasteiger partial charge is 0.392 e. The summed E-state index contributed by atoms with van der Waals surface area (Å²) < 4.78 is 39.6. The maximum Gasteiger partial charge on any atom is 0.392 e. The van der Waals surface area contributed by atoms with Crippen molar-refractivity contribution < 1.29 is 13.2 Å². The Hall–Kier alpha value is -1.10.